The molecular weight excluding hydrogens is 442 g/mol. The van der Waals surface area contributed by atoms with E-state index < -0.39 is 17.4 Å². The van der Waals surface area contributed by atoms with Gasteiger partial charge in [0.05, 0.1) is 11.6 Å². The number of benzene rings is 2. The second-order valence-corrected chi connectivity index (χ2v) is 9.03. The van der Waals surface area contributed by atoms with Crippen LogP contribution in [0.4, 0.5) is 0 Å². The zero-order chi connectivity index (χ0) is 25.1. The molecule has 0 fully saturated rings. The minimum atomic E-state index is -1.16. The Hall–Kier alpha value is -3.71. The van der Waals surface area contributed by atoms with Crippen LogP contribution in [0, 0.1) is 0 Å². The number of ether oxygens (including phenoxy) is 1. The molecule has 2 aromatic heterocycles. The first kappa shape index (κ1) is 24.4. The van der Waals surface area contributed by atoms with Gasteiger partial charge in [0.1, 0.15) is 17.5 Å². The highest BCUT2D eigenvalue weighted by Gasteiger charge is 2.25. The molecule has 0 amide bonds. The van der Waals surface area contributed by atoms with Gasteiger partial charge in [-0.2, -0.15) is 0 Å². The van der Waals surface area contributed by atoms with Gasteiger partial charge in [0.25, 0.3) is 5.56 Å². The predicted octanol–water partition coefficient (Wildman–Crippen LogP) is 4.89. The molecule has 7 heteroatoms. The second kappa shape index (κ2) is 10.3. The number of fused-ring (bicyclic) bond motifs is 1. The van der Waals surface area contributed by atoms with Crippen molar-refractivity contribution < 1.29 is 9.84 Å². The summed E-state index contributed by atoms with van der Waals surface area (Å²) in [6.07, 6.45) is 1.83. The minimum Gasteiger partial charge on any atom is -0.455 e. The van der Waals surface area contributed by atoms with Gasteiger partial charge in [-0.1, -0.05) is 69.7 Å². The number of nitrogens with zero attached hydrogens (tertiary/aromatic N) is 3. The lowest BCUT2D eigenvalue weighted by Gasteiger charge is -2.20. The lowest BCUT2D eigenvalue weighted by molar-refractivity contribution is 0.217. The van der Waals surface area contributed by atoms with Crippen LogP contribution in [-0.4, -0.2) is 19.2 Å². The van der Waals surface area contributed by atoms with Crippen LogP contribution in [0.2, 0.25) is 0 Å². The zero-order valence-corrected chi connectivity index (χ0v) is 20.6. The van der Waals surface area contributed by atoms with Crippen molar-refractivity contribution in [1.29, 1.82) is 0 Å². The molecule has 1 atom stereocenters. The fourth-order valence-corrected chi connectivity index (χ4v) is 4.19. The third-order valence-corrected chi connectivity index (χ3v) is 6.23. The highest BCUT2D eigenvalue weighted by Crippen LogP contribution is 2.36. The highest BCUT2D eigenvalue weighted by molar-refractivity contribution is 5.81. The number of aryl methyl sites for hydroxylation is 1. The van der Waals surface area contributed by atoms with Gasteiger partial charge in [-0.25, -0.2) is 9.78 Å². The van der Waals surface area contributed by atoms with Crippen molar-refractivity contribution in [3.63, 3.8) is 0 Å². The minimum absolute atomic E-state index is 0.178. The van der Waals surface area contributed by atoms with Crippen LogP contribution < -0.4 is 16.0 Å². The van der Waals surface area contributed by atoms with Crippen molar-refractivity contribution in [2.75, 3.05) is 0 Å². The van der Waals surface area contributed by atoms with Gasteiger partial charge < -0.3 is 9.84 Å². The van der Waals surface area contributed by atoms with Gasteiger partial charge in [0, 0.05) is 19.2 Å². The molecule has 2 heterocycles. The number of pyridine rings is 1. The van der Waals surface area contributed by atoms with Crippen molar-refractivity contribution in [2.24, 2.45) is 7.05 Å². The molecule has 1 unspecified atom stereocenters. The maximum Gasteiger partial charge on any atom is 0.332 e. The average Bonchev–Trinajstić information content (AvgIpc) is 2.87. The summed E-state index contributed by atoms with van der Waals surface area (Å²) in [5.74, 6) is 1.16. The van der Waals surface area contributed by atoms with Crippen LogP contribution >= 0.6 is 0 Å². The molecule has 4 rings (SSSR count). The van der Waals surface area contributed by atoms with Gasteiger partial charge in [-0.15, -0.1) is 0 Å². The molecule has 0 bridgehead atoms. The number of aliphatic hydroxyl groups excluding tert-OH is 1. The largest absolute Gasteiger partial charge is 0.455 e. The Morgan fingerprint density at radius 2 is 1.74 bits per heavy atom. The molecule has 35 heavy (non-hydrogen) atoms. The van der Waals surface area contributed by atoms with E-state index in [-0.39, 0.29) is 16.8 Å². The van der Waals surface area contributed by atoms with E-state index in [1.807, 2.05) is 49.4 Å². The quantitative estimate of drug-likeness (QED) is 0.394. The molecule has 0 saturated heterocycles. The van der Waals surface area contributed by atoms with E-state index in [0.717, 1.165) is 12.0 Å². The number of unbranched alkanes of at least 4 members (excludes halogenated alkanes) is 1. The first-order valence-corrected chi connectivity index (χ1v) is 12.0. The molecule has 0 spiro atoms. The first-order valence-electron chi connectivity index (χ1n) is 12.0. The van der Waals surface area contributed by atoms with Crippen molar-refractivity contribution in [2.45, 2.75) is 52.2 Å². The molecule has 0 radical (unpaired) electrons. The monoisotopic (exact) mass is 473 g/mol. The maximum atomic E-state index is 13.7. The van der Waals surface area contributed by atoms with Crippen molar-refractivity contribution in [1.82, 2.24) is 14.1 Å². The average molecular weight is 474 g/mol. The third-order valence-electron chi connectivity index (χ3n) is 6.23. The highest BCUT2D eigenvalue weighted by atomic mass is 16.5. The summed E-state index contributed by atoms with van der Waals surface area (Å²) in [7, 11) is 1.59. The fourth-order valence-electron chi connectivity index (χ4n) is 4.19. The Morgan fingerprint density at radius 1 is 1.03 bits per heavy atom. The van der Waals surface area contributed by atoms with Crippen LogP contribution in [0.25, 0.3) is 11.0 Å². The normalized spacial score (nSPS) is 12.3. The number of hydrogen-bond donors (Lipinski definition) is 1. The van der Waals surface area contributed by atoms with Crippen LogP contribution in [0.5, 0.6) is 11.5 Å². The Morgan fingerprint density at radius 3 is 2.43 bits per heavy atom. The summed E-state index contributed by atoms with van der Waals surface area (Å²) in [4.78, 5) is 31.0. The summed E-state index contributed by atoms with van der Waals surface area (Å²) < 4.78 is 8.82. The Balaban J connectivity index is 2.00. The van der Waals surface area contributed by atoms with E-state index in [1.165, 1.54) is 15.3 Å². The predicted molar refractivity (Wildman–Crippen MR) is 137 cm³/mol. The molecule has 2 aromatic carbocycles. The topological polar surface area (TPSA) is 86.3 Å². The Labute approximate surface area is 204 Å². The molecule has 0 aliphatic carbocycles. The third kappa shape index (κ3) is 4.77. The van der Waals surface area contributed by atoms with Gasteiger partial charge in [0.15, 0.2) is 5.75 Å². The summed E-state index contributed by atoms with van der Waals surface area (Å²) in [5.41, 5.74) is 1.31. The van der Waals surface area contributed by atoms with E-state index in [0.29, 0.717) is 35.8 Å². The number of aromatic nitrogens is 3. The van der Waals surface area contributed by atoms with Gasteiger partial charge in [-0.3, -0.25) is 13.9 Å². The van der Waals surface area contributed by atoms with Gasteiger partial charge in [-0.05, 0) is 35.6 Å². The molecule has 0 saturated carbocycles. The van der Waals surface area contributed by atoms with E-state index >= 15 is 0 Å². The number of aliphatic hydroxyl groups is 1. The summed E-state index contributed by atoms with van der Waals surface area (Å²) in [6, 6.07) is 16.8. The molecule has 4 aromatic rings. The molecule has 182 valence electrons. The molecular formula is C28H31N3O4. The van der Waals surface area contributed by atoms with Crippen LogP contribution in [0.15, 0.2) is 70.4 Å². The molecule has 1 N–H and O–H groups in total. The Bertz CT molecular complexity index is 1460. The fraction of sp³-hybridized carbons (Fsp3) is 0.321. The van der Waals surface area contributed by atoms with E-state index in [4.69, 9.17) is 4.74 Å². The standard InChI is InChI=1S/C28H31N3O4/c1-5-6-15-31-27(33)24-23(25(32)19-11-8-7-9-12-19)22(17-29-26(24)30(4)28(31)34)35-21-14-10-13-20(16-21)18(2)3/h7-14,16-18,25,32H,5-6,15H2,1-4H3. The van der Waals surface area contributed by atoms with Crippen LogP contribution in [-0.2, 0) is 13.6 Å². The first-order chi connectivity index (χ1) is 16.8. The molecule has 7 nitrogen and oxygen atoms in total. The van der Waals surface area contributed by atoms with Crippen LogP contribution in [0.3, 0.4) is 0 Å². The lowest BCUT2D eigenvalue weighted by atomic mass is 9.98. The zero-order valence-electron chi connectivity index (χ0n) is 20.6. The summed E-state index contributed by atoms with van der Waals surface area (Å²) in [6.45, 7) is 6.49. The summed E-state index contributed by atoms with van der Waals surface area (Å²) >= 11 is 0. The molecule has 0 aliphatic rings. The second-order valence-electron chi connectivity index (χ2n) is 9.03. The van der Waals surface area contributed by atoms with Gasteiger partial charge >= 0.3 is 5.69 Å². The van der Waals surface area contributed by atoms with Crippen molar-refractivity contribution >= 4 is 11.0 Å². The van der Waals surface area contributed by atoms with Crippen LogP contribution in [0.1, 0.15) is 62.3 Å². The van der Waals surface area contributed by atoms with E-state index in [2.05, 4.69) is 18.8 Å². The van der Waals surface area contributed by atoms with E-state index in [1.54, 1.807) is 19.2 Å². The lowest BCUT2D eigenvalue weighted by Crippen LogP contribution is -2.40. The summed E-state index contributed by atoms with van der Waals surface area (Å²) in [5, 5.41) is 11.7. The maximum absolute atomic E-state index is 13.7. The SMILES string of the molecule is CCCCn1c(=O)c2c(C(O)c3ccccc3)c(Oc3cccc(C(C)C)c3)cnc2n(C)c1=O. The van der Waals surface area contributed by atoms with E-state index in [9.17, 15) is 14.7 Å². The van der Waals surface area contributed by atoms with Gasteiger partial charge in [0.2, 0.25) is 0 Å². The van der Waals surface area contributed by atoms with Crippen molar-refractivity contribution in [3.8, 4) is 11.5 Å². The van der Waals surface area contributed by atoms with Crippen molar-refractivity contribution in [3.05, 3.63) is 98.3 Å². The number of hydrogen-bond acceptors (Lipinski definition) is 5. The Kier molecular flexibility index (Phi) is 7.17. The molecule has 0 aliphatic heterocycles. The number of rotatable bonds is 8. The smallest absolute Gasteiger partial charge is 0.332 e.